The highest BCUT2D eigenvalue weighted by molar-refractivity contribution is 5.61. The maximum Gasteiger partial charge on any atom is 0.183 e. The monoisotopic (exact) mass is 269 g/mol. The summed E-state index contributed by atoms with van der Waals surface area (Å²) >= 11 is 0. The molecule has 20 heavy (non-hydrogen) atoms. The Morgan fingerprint density at radius 2 is 1.95 bits per heavy atom. The summed E-state index contributed by atoms with van der Waals surface area (Å²) in [6, 6.07) is 2.01. The van der Waals surface area contributed by atoms with Crippen LogP contribution in [0.3, 0.4) is 0 Å². The van der Waals surface area contributed by atoms with Gasteiger partial charge in [0.2, 0.25) is 0 Å². The van der Waals surface area contributed by atoms with E-state index >= 15 is 0 Å². The molecule has 2 N–H and O–H groups in total. The van der Waals surface area contributed by atoms with Crippen LogP contribution in [0.2, 0.25) is 0 Å². The second-order valence-corrected chi connectivity index (χ2v) is 5.00. The third-order valence-corrected chi connectivity index (χ3v) is 3.62. The van der Waals surface area contributed by atoms with Crippen molar-refractivity contribution in [3.05, 3.63) is 30.9 Å². The van der Waals surface area contributed by atoms with Gasteiger partial charge in [-0.25, -0.2) is 14.2 Å². The quantitative estimate of drug-likeness (QED) is 0.753. The summed E-state index contributed by atoms with van der Waals surface area (Å²) in [4.78, 5) is 7.03. The molecule has 4 heterocycles. The molecule has 0 radical (unpaired) electrons. The molecule has 1 aliphatic rings. The smallest absolute Gasteiger partial charge is 0.183 e. The summed E-state index contributed by atoms with van der Waals surface area (Å²) in [7, 11) is 0. The van der Waals surface area contributed by atoms with Crippen LogP contribution in [0.15, 0.2) is 30.9 Å². The van der Waals surface area contributed by atoms with Crippen LogP contribution >= 0.6 is 0 Å². The van der Waals surface area contributed by atoms with Gasteiger partial charge in [-0.2, -0.15) is 10.2 Å². The van der Waals surface area contributed by atoms with E-state index in [0.717, 1.165) is 30.2 Å². The Labute approximate surface area is 115 Å². The van der Waals surface area contributed by atoms with Crippen molar-refractivity contribution in [2.45, 2.75) is 12.8 Å². The first kappa shape index (κ1) is 11.3. The zero-order chi connectivity index (χ0) is 13.5. The summed E-state index contributed by atoms with van der Waals surface area (Å²) in [6.07, 6.45) is 9.53. The van der Waals surface area contributed by atoms with Crippen molar-refractivity contribution in [1.29, 1.82) is 0 Å². The van der Waals surface area contributed by atoms with Gasteiger partial charge in [0, 0.05) is 19.3 Å². The SMILES string of the molecule is Nc1cnn(-c2cnn3ccc(N4CCCC4)nc23)c1. The van der Waals surface area contributed by atoms with Crippen LogP contribution in [0.4, 0.5) is 11.5 Å². The Morgan fingerprint density at radius 3 is 2.70 bits per heavy atom. The molecule has 0 spiro atoms. The van der Waals surface area contributed by atoms with Crippen molar-refractivity contribution in [1.82, 2.24) is 24.4 Å². The lowest BCUT2D eigenvalue weighted by Crippen LogP contribution is -2.19. The summed E-state index contributed by atoms with van der Waals surface area (Å²) in [5.41, 5.74) is 7.97. The van der Waals surface area contributed by atoms with Crippen molar-refractivity contribution < 1.29 is 0 Å². The molecule has 0 amide bonds. The van der Waals surface area contributed by atoms with Gasteiger partial charge in [0.25, 0.3) is 0 Å². The van der Waals surface area contributed by atoms with Crippen molar-refractivity contribution in [3.63, 3.8) is 0 Å². The number of hydrogen-bond acceptors (Lipinski definition) is 5. The lowest BCUT2D eigenvalue weighted by molar-refractivity contribution is 0.878. The van der Waals surface area contributed by atoms with Gasteiger partial charge in [0.1, 0.15) is 11.5 Å². The Balaban J connectivity index is 1.83. The number of nitrogens with zero attached hydrogens (tertiary/aromatic N) is 6. The third-order valence-electron chi connectivity index (χ3n) is 3.62. The molecule has 102 valence electrons. The third kappa shape index (κ3) is 1.70. The van der Waals surface area contributed by atoms with Crippen molar-refractivity contribution in [2.75, 3.05) is 23.7 Å². The fourth-order valence-corrected chi connectivity index (χ4v) is 2.60. The van der Waals surface area contributed by atoms with E-state index in [4.69, 9.17) is 10.7 Å². The average Bonchev–Trinajstić information content (AvgIpc) is 3.17. The Morgan fingerprint density at radius 1 is 1.10 bits per heavy atom. The molecular weight excluding hydrogens is 254 g/mol. The second kappa shape index (κ2) is 4.22. The molecule has 0 unspecified atom stereocenters. The molecule has 1 aliphatic heterocycles. The predicted molar refractivity (Wildman–Crippen MR) is 76.0 cm³/mol. The molecule has 1 saturated heterocycles. The van der Waals surface area contributed by atoms with Crippen molar-refractivity contribution in [3.8, 4) is 5.69 Å². The number of anilines is 2. The zero-order valence-electron chi connectivity index (χ0n) is 11.0. The molecule has 7 nitrogen and oxygen atoms in total. The molecule has 4 rings (SSSR count). The van der Waals surface area contributed by atoms with E-state index in [2.05, 4.69) is 15.1 Å². The van der Waals surface area contributed by atoms with Crippen LogP contribution in [0.1, 0.15) is 12.8 Å². The van der Waals surface area contributed by atoms with Crippen molar-refractivity contribution >= 4 is 17.2 Å². The molecule has 0 atom stereocenters. The van der Waals surface area contributed by atoms with Gasteiger partial charge in [0.15, 0.2) is 5.65 Å². The number of rotatable bonds is 2. The normalized spacial score (nSPS) is 15.3. The molecule has 7 heteroatoms. The minimum atomic E-state index is 0.625. The zero-order valence-corrected chi connectivity index (χ0v) is 11.0. The lowest BCUT2D eigenvalue weighted by atomic mass is 10.4. The number of aromatic nitrogens is 5. The predicted octanol–water partition coefficient (Wildman–Crippen LogP) is 1.10. The maximum atomic E-state index is 5.72. The number of nitrogens with two attached hydrogens (primary N) is 1. The first-order chi connectivity index (χ1) is 9.81. The summed E-state index contributed by atoms with van der Waals surface area (Å²) in [6.45, 7) is 2.14. The van der Waals surface area contributed by atoms with Gasteiger partial charge < -0.3 is 10.6 Å². The molecule has 1 fully saturated rings. The molecular formula is C13H15N7. The maximum absolute atomic E-state index is 5.72. The average molecular weight is 269 g/mol. The van der Waals surface area contributed by atoms with Crippen LogP contribution in [-0.2, 0) is 0 Å². The topological polar surface area (TPSA) is 77.3 Å². The van der Waals surface area contributed by atoms with Crippen LogP contribution in [0, 0.1) is 0 Å². The second-order valence-electron chi connectivity index (χ2n) is 5.00. The van der Waals surface area contributed by atoms with E-state index in [1.54, 1.807) is 27.8 Å². The van der Waals surface area contributed by atoms with E-state index in [0.29, 0.717) is 5.69 Å². The van der Waals surface area contributed by atoms with Crippen LogP contribution in [0.5, 0.6) is 0 Å². The number of nitrogen functional groups attached to an aromatic ring is 1. The summed E-state index contributed by atoms with van der Waals surface area (Å²) in [5.74, 6) is 0.997. The van der Waals surface area contributed by atoms with Crippen LogP contribution in [0.25, 0.3) is 11.3 Å². The van der Waals surface area contributed by atoms with Gasteiger partial charge >= 0.3 is 0 Å². The minimum Gasteiger partial charge on any atom is -0.396 e. The highest BCUT2D eigenvalue weighted by atomic mass is 15.3. The standard InChI is InChI=1S/C13H15N7/c14-10-7-15-20(9-10)11-8-16-19-6-3-12(17-13(11)19)18-4-1-2-5-18/h3,6-9H,1-2,4-5,14H2. The number of hydrogen-bond donors (Lipinski definition) is 1. The molecule has 3 aromatic rings. The number of fused-ring (bicyclic) bond motifs is 1. The van der Waals surface area contributed by atoms with Gasteiger partial charge in [-0.3, -0.25) is 0 Å². The van der Waals surface area contributed by atoms with E-state index in [1.807, 2.05) is 12.3 Å². The van der Waals surface area contributed by atoms with E-state index in [1.165, 1.54) is 12.8 Å². The van der Waals surface area contributed by atoms with Gasteiger partial charge in [-0.05, 0) is 18.9 Å². The fourth-order valence-electron chi connectivity index (χ4n) is 2.60. The highest BCUT2D eigenvalue weighted by Gasteiger charge is 2.16. The summed E-state index contributed by atoms with van der Waals surface area (Å²) in [5, 5.41) is 8.53. The Kier molecular flexibility index (Phi) is 2.38. The van der Waals surface area contributed by atoms with Gasteiger partial charge in [-0.1, -0.05) is 0 Å². The Hall–Kier alpha value is -2.57. The molecule has 0 aliphatic carbocycles. The van der Waals surface area contributed by atoms with E-state index in [9.17, 15) is 0 Å². The first-order valence-electron chi connectivity index (χ1n) is 6.71. The molecule has 0 saturated carbocycles. The van der Waals surface area contributed by atoms with Crippen LogP contribution < -0.4 is 10.6 Å². The lowest BCUT2D eigenvalue weighted by Gasteiger charge is -2.16. The van der Waals surface area contributed by atoms with Gasteiger partial charge in [0.05, 0.1) is 24.3 Å². The largest absolute Gasteiger partial charge is 0.396 e. The van der Waals surface area contributed by atoms with Gasteiger partial charge in [-0.15, -0.1) is 0 Å². The highest BCUT2D eigenvalue weighted by Crippen LogP contribution is 2.21. The first-order valence-corrected chi connectivity index (χ1v) is 6.71. The van der Waals surface area contributed by atoms with E-state index in [-0.39, 0.29) is 0 Å². The molecule has 0 aromatic carbocycles. The molecule has 3 aromatic heterocycles. The van der Waals surface area contributed by atoms with Crippen LogP contribution in [-0.4, -0.2) is 37.5 Å². The minimum absolute atomic E-state index is 0.625. The fraction of sp³-hybridized carbons (Fsp3) is 0.308. The Bertz CT molecular complexity index is 751. The van der Waals surface area contributed by atoms with Crippen molar-refractivity contribution in [2.24, 2.45) is 0 Å². The molecule has 0 bridgehead atoms. The summed E-state index contributed by atoms with van der Waals surface area (Å²) < 4.78 is 3.46. The van der Waals surface area contributed by atoms with E-state index < -0.39 is 0 Å².